The average Bonchev–Trinajstić information content (AvgIpc) is 2.92. The molecule has 4 nitrogen and oxygen atoms in total. The molecule has 0 radical (unpaired) electrons. The second kappa shape index (κ2) is 6.78. The number of ether oxygens (including phenoxy) is 3. The SMILES string of the molecule is COc1ccc(NCc2ccc3c(c2)OCO3)cc1Cl.Cl. The minimum Gasteiger partial charge on any atom is -0.495 e. The van der Waals surface area contributed by atoms with Gasteiger partial charge >= 0.3 is 0 Å². The molecule has 1 aliphatic rings. The smallest absolute Gasteiger partial charge is 0.231 e. The van der Waals surface area contributed by atoms with Crippen molar-refractivity contribution >= 4 is 29.7 Å². The molecule has 0 atom stereocenters. The largest absolute Gasteiger partial charge is 0.495 e. The van der Waals surface area contributed by atoms with Crippen LogP contribution in [0.25, 0.3) is 0 Å². The zero-order valence-electron chi connectivity index (χ0n) is 11.4. The topological polar surface area (TPSA) is 39.7 Å². The summed E-state index contributed by atoms with van der Waals surface area (Å²) in [6.07, 6.45) is 0. The van der Waals surface area contributed by atoms with E-state index in [0.717, 1.165) is 22.7 Å². The molecule has 0 spiro atoms. The maximum absolute atomic E-state index is 6.09. The van der Waals surface area contributed by atoms with E-state index in [1.165, 1.54) is 0 Å². The van der Waals surface area contributed by atoms with Gasteiger partial charge in [-0.05, 0) is 35.9 Å². The summed E-state index contributed by atoms with van der Waals surface area (Å²) in [5.74, 6) is 2.25. The Balaban J connectivity index is 0.00000161. The Hall–Kier alpha value is -1.78. The van der Waals surface area contributed by atoms with Crippen LogP contribution in [0.15, 0.2) is 36.4 Å². The number of halogens is 2. The molecule has 1 aliphatic heterocycles. The first-order valence-corrected chi connectivity index (χ1v) is 6.60. The summed E-state index contributed by atoms with van der Waals surface area (Å²) in [6.45, 7) is 0.972. The summed E-state index contributed by atoms with van der Waals surface area (Å²) in [7, 11) is 1.60. The van der Waals surface area contributed by atoms with Gasteiger partial charge in [-0.25, -0.2) is 0 Å². The Bertz CT molecular complexity index is 634. The van der Waals surface area contributed by atoms with Crippen molar-refractivity contribution in [3.63, 3.8) is 0 Å². The number of hydrogen-bond donors (Lipinski definition) is 1. The maximum Gasteiger partial charge on any atom is 0.231 e. The molecule has 2 aromatic rings. The lowest BCUT2D eigenvalue weighted by Gasteiger charge is -2.09. The number of fused-ring (bicyclic) bond motifs is 1. The lowest BCUT2D eigenvalue weighted by Crippen LogP contribution is -1.99. The van der Waals surface area contributed by atoms with Gasteiger partial charge in [0.05, 0.1) is 12.1 Å². The van der Waals surface area contributed by atoms with Gasteiger partial charge in [0, 0.05) is 12.2 Å². The van der Waals surface area contributed by atoms with E-state index in [1.54, 1.807) is 7.11 Å². The predicted molar refractivity (Wildman–Crippen MR) is 85.1 cm³/mol. The third-order valence-electron chi connectivity index (χ3n) is 3.09. The monoisotopic (exact) mass is 327 g/mol. The van der Waals surface area contributed by atoms with E-state index in [0.29, 0.717) is 24.1 Å². The van der Waals surface area contributed by atoms with E-state index < -0.39 is 0 Å². The van der Waals surface area contributed by atoms with Gasteiger partial charge in [0.25, 0.3) is 0 Å². The highest BCUT2D eigenvalue weighted by atomic mass is 35.5. The van der Waals surface area contributed by atoms with Crippen molar-refractivity contribution < 1.29 is 14.2 Å². The molecule has 0 unspecified atom stereocenters. The van der Waals surface area contributed by atoms with Crippen molar-refractivity contribution in [3.05, 3.63) is 47.0 Å². The minimum atomic E-state index is 0. The molecule has 0 aliphatic carbocycles. The van der Waals surface area contributed by atoms with Crippen molar-refractivity contribution in [3.8, 4) is 17.2 Å². The number of rotatable bonds is 4. The van der Waals surface area contributed by atoms with E-state index >= 15 is 0 Å². The van der Waals surface area contributed by atoms with Crippen molar-refractivity contribution in [2.24, 2.45) is 0 Å². The van der Waals surface area contributed by atoms with Crippen LogP contribution in [0.5, 0.6) is 17.2 Å². The van der Waals surface area contributed by atoms with Gasteiger partial charge in [-0.3, -0.25) is 0 Å². The minimum absolute atomic E-state index is 0. The molecule has 0 bridgehead atoms. The highest BCUT2D eigenvalue weighted by molar-refractivity contribution is 6.32. The normalized spacial score (nSPS) is 11.7. The molecule has 1 heterocycles. The van der Waals surface area contributed by atoms with E-state index in [1.807, 2.05) is 36.4 Å². The molecule has 0 saturated carbocycles. The van der Waals surface area contributed by atoms with Crippen LogP contribution in [0.2, 0.25) is 5.02 Å². The molecule has 2 aromatic carbocycles. The standard InChI is InChI=1S/C15H14ClNO3.ClH/c1-18-13-5-3-11(7-12(13)16)17-8-10-2-4-14-15(6-10)20-9-19-14;/h2-7,17H,8-9H2,1H3;1H. The summed E-state index contributed by atoms with van der Waals surface area (Å²) in [5.41, 5.74) is 2.05. The van der Waals surface area contributed by atoms with Crippen molar-refractivity contribution in [2.75, 3.05) is 19.2 Å². The average molecular weight is 328 g/mol. The third kappa shape index (κ3) is 3.46. The van der Waals surface area contributed by atoms with Crippen molar-refractivity contribution in [2.45, 2.75) is 6.54 Å². The summed E-state index contributed by atoms with van der Waals surface area (Å²) in [6, 6.07) is 11.5. The molecule has 3 rings (SSSR count). The van der Waals surface area contributed by atoms with Crippen LogP contribution < -0.4 is 19.5 Å². The summed E-state index contributed by atoms with van der Waals surface area (Å²) in [5, 5.41) is 3.89. The van der Waals surface area contributed by atoms with Gasteiger partial charge in [-0.15, -0.1) is 12.4 Å². The van der Waals surface area contributed by atoms with Crippen LogP contribution in [0.3, 0.4) is 0 Å². The van der Waals surface area contributed by atoms with E-state index in [9.17, 15) is 0 Å². The summed E-state index contributed by atoms with van der Waals surface area (Å²) < 4.78 is 15.8. The predicted octanol–water partition coefficient (Wildman–Crippen LogP) is 4.11. The Morgan fingerprint density at radius 2 is 1.95 bits per heavy atom. The number of nitrogens with one attached hydrogen (secondary N) is 1. The van der Waals surface area contributed by atoms with Gasteiger partial charge in [0.1, 0.15) is 5.75 Å². The van der Waals surface area contributed by atoms with Gasteiger partial charge in [-0.2, -0.15) is 0 Å². The number of methoxy groups -OCH3 is 1. The fourth-order valence-electron chi connectivity index (χ4n) is 2.03. The Kier molecular flexibility index (Phi) is 5.04. The maximum atomic E-state index is 6.09. The fourth-order valence-corrected chi connectivity index (χ4v) is 2.29. The highest BCUT2D eigenvalue weighted by Crippen LogP contribution is 2.33. The molecule has 0 amide bonds. The second-order valence-electron chi connectivity index (χ2n) is 4.39. The molecule has 21 heavy (non-hydrogen) atoms. The highest BCUT2D eigenvalue weighted by Gasteiger charge is 2.12. The lowest BCUT2D eigenvalue weighted by molar-refractivity contribution is 0.174. The van der Waals surface area contributed by atoms with Gasteiger partial charge < -0.3 is 19.5 Å². The number of benzene rings is 2. The van der Waals surface area contributed by atoms with Crippen LogP contribution >= 0.6 is 24.0 Å². The van der Waals surface area contributed by atoms with Gasteiger partial charge in [0.15, 0.2) is 11.5 Å². The molecule has 0 fully saturated rings. The quantitative estimate of drug-likeness (QED) is 0.917. The molecule has 0 aromatic heterocycles. The number of anilines is 1. The first kappa shape index (κ1) is 15.6. The van der Waals surface area contributed by atoms with Gasteiger partial charge in [0.2, 0.25) is 6.79 Å². The Labute approximate surface area is 134 Å². The second-order valence-corrected chi connectivity index (χ2v) is 4.80. The zero-order chi connectivity index (χ0) is 13.9. The molecule has 112 valence electrons. The van der Waals surface area contributed by atoms with E-state index in [4.69, 9.17) is 25.8 Å². The Morgan fingerprint density at radius 3 is 2.71 bits per heavy atom. The van der Waals surface area contributed by atoms with Crippen molar-refractivity contribution in [1.82, 2.24) is 0 Å². The molecule has 0 saturated heterocycles. The first-order chi connectivity index (χ1) is 9.76. The molecular formula is C15H15Cl2NO3. The third-order valence-corrected chi connectivity index (χ3v) is 3.38. The summed E-state index contributed by atoms with van der Waals surface area (Å²) >= 11 is 6.09. The van der Waals surface area contributed by atoms with Crippen molar-refractivity contribution in [1.29, 1.82) is 0 Å². The molecule has 1 N–H and O–H groups in total. The number of hydrogen-bond acceptors (Lipinski definition) is 4. The zero-order valence-corrected chi connectivity index (χ0v) is 13.0. The van der Waals surface area contributed by atoms with Gasteiger partial charge in [-0.1, -0.05) is 17.7 Å². The van der Waals surface area contributed by atoms with Crippen LogP contribution in [0.1, 0.15) is 5.56 Å². The lowest BCUT2D eigenvalue weighted by atomic mass is 10.2. The first-order valence-electron chi connectivity index (χ1n) is 6.22. The van der Waals surface area contributed by atoms with Crippen LogP contribution in [0.4, 0.5) is 5.69 Å². The fraction of sp³-hybridized carbons (Fsp3) is 0.200. The molecule has 6 heteroatoms. The molecular weight excluding hydrogens is 313 g/mol. The van der Waals surface area contributed by atoms with E-state index in [2.05, 4.69) is 5.32 Å². The van der Waals surface area contributed by atoms with E-state index in [-0.39, 0.29) is 12.4 Å². The Morgan fingerprint density at radius 1 is 1.14 bits per heavy atom. The van der Waals surface area contributed by atoms with Crippen LogP contribution in [0, 0.1) is 0 Å². The van der Waals surface area contributed by atoms with Crippen LogP contribution in [-0.4, -0.2) is 13.9 Å². The summed E-state index contributed by atoms with van der Waals surface area (Å²) in [4.78, 5) is 0. The van der Waals surface area contributed by atoms with Crippen LogP contribution in [-0.2, 0) is 6.54 Å².